The monoisotopic (exact) mass is 660 g/mol. The standard InChI is InChI=1S/C38H48N2O4S2/c1-23-4-8-25(9-5-23)27-12-16-29(17-13-27)36(41)43-32-20-21-33(35-34(32)45-38(46-35)31(22-39)40-3)44-37(42)30-18-14-28(15-19-30)26-10-6-24(2)7-11-26/h20-21,23-30H,4-19H2,1-2H3. The zero-order chi connectivity index (χ0) is 32.2. The van der Waals surface area contributed by atoms with Gasteiger partial charge in [0.05, 0.1) is 38.5 Å². The van der Waals surface area contributed by atoms with Crippen LogP contribution in [0.3, 0.4) is 0 Å². The Morgan fingerprint density at radius 1 is 0.674 bits per heavy atom. The van der Waals surface area contributed by atoms with Crippen LogP contribution < -0.4 is 9.47 Å². The molecule has 0 bridgehead atoms. The SMILES string of the molecule is [C-]#[N+]C(C#N)=C1Sc2c(OC(=O)C3CCC(C4CCC(C)CC4)CC3)ccc(OC(=O)C3CCC(C4CCC(C)CC4)CC3)c2S1. The summed E-state index contributed by atoms with van der Waals surface area (Å²) in [6.45, 7) is 12.2. The van der Waals surface area contributed by atoms with E-state index in [1.54, 1.807) is 12.1 Å². The van der Waals surface area contributed by atoms with Crippen molar-refractivity contribution < 1.29 is 19.1 Å². The highest BCUT2D eigenvalue weighted by Gasteiger charge is 2.37. The summed E-state index contributed by atoms with van der Waals surface area (Å²) in [4.78, 5) is 31.5. The zero-order valence-corrected chi connectivity index (χ0v) is 29.1. The summed E-state index contributed by atoms with van der Waals surface area (Å²) >= 11 is 2.52. The van der Waals surface area contributed by atoms with Crippen molar-refractivity contribution in [2.24, 2.45) is 47.3 Å². The smallest absolute Gasteiger partial charge is 0.314 e. The van der Waals surface area contributed by atoms with Gasteiger partial charge in [-0.05, 0) is 125 Å². The van der Waals surface area contributed by atoms with E-state index in [0.717, 1.165) is 86.9 Å². The molecule has 0 spiro atoms. The first kappa shape index (κ1) is 33.5. The van der Waals surface area contributed by atoms with Gasteiger partial charge in [0.15, 0.2) is 0 Å². The number of nitrogens with zero attached hydrogens (tertiary/aromatic N) is 2. The molecular formula is C38H48N2O4S2. The number of hydrogen-bond acceptors (Lipinski definition) is 7. The Morgan fingerprint density at radius 2 is 1.02 bits per heavy atom. The van der Waals surface area contributed by atoms with E-state index in [4.69, 9.17) is 16.0 Å². The highest BCUT2D eigenvalue weighted by molar-refractivity contribution is 8.24. The van der Waals surface area contributed by atoms with Gasteiger partial charge in [0, 0.05) is 0 Å². The molecule has 0 atom stereocenters. The number of carbonyl (C=O) groups excluding carboxylic acids is 2. The molecule has 0 amide bonds. The Balaban J connectivity index is 1.10. The molecule has 6 rings (SSSR count). The first-order valence-corrected chi connectivity index (χ1v) is 19.4. The average molecular weight is 661 g/mol. The normalized spacial score (nSPS) is 32.8. The van der Waals surface area contributed by atoms with Gasteiger partial charge in [0.25, 0.3) is 5.70 Å². The summed E-state index contributed by atoms with van der Waals surface area (Å²) in [5.74, 6) is 4.92. The maximum Gasteiger partial charge on any atom is 0.314 e. The van der Waals surface area contributed by atoms with Gasteiger partial charge in [0.1, 0.15) is 11.5 Å². The summed E-state index contributed by atoms with van der Waals surface area (Å²) in [7, 11) is 0. The molecule has 5 aliphatic rings. The van der Waals surface area contributed by atoms with Crippen LogP contribution in [0.2, 0.25) is 0 Å². The van der Waals surface area contributed by atoms with Crippen LogP contribution in [0.15, 0.2) is 31.9 Å². The van der Waals surface area contributed by atoms with Crippen molar-refractivity contribution in [2.75, 3.05) is 0 Å². The van der Waals surface area contributed by atoms with E-state index in [-0.39, 0.29) is 29.5 Å². The predicted octanol–water partition coefficient (Wildman–Crippen LogP) is 10.6. The maximum absolute atomic E-state index is 13.4. The van der Waals surface area contributed by atoms with Crippen molar-refractivity contribution in [3.8, 4) is 17.6 Å². The average Bonchev–Trinajstić information content (AvgIpc) is 3.53. The molecule has 46 heavy (non-hydrogen) atoms. The number of thioether (sulfide) groups is 2. The van der Waals surface area contributed by atoms with E-state index in [1.165, 1.54) is 74.9 Å². The highest BCUT2D eigenvalue weighted by atomic mass is 32.2. The van der Waals surface area contributed by atoms with Crippen LogP contribution in [0.1, 0.15) is 117 Å². The summed E-state index contributed by atoms with van der Waals surface area (Å²) in [6, 6.07) is 5.42. The summed E-state index contributed by atoms with van der Waals surface area (Å²) in [6.07, 6.45) is 18.4. The van der Waals surface area contributed by atoms with Gasteiger partial charge < -0.3 is 9.47 Å². The molecule has 1 aromatic carbocycles. The van der Waals surface area contributed by atoms with Crippen molar-refractivity contribution >= 4 is 35.5 Å². The fourth-order valence-corrected chi connectivity index (χ4v) is 11.3. The molecule has 0 saturated heterocycles. The molecule has 0 aromatic heterocycles. The minimum absolute atomic E-state index is 0.00777. The largest absolute Gasteiger partial charge is 0.425 e. The lowest BCUT2D eigenvalue weighted by Crippen LogP contribution is -2.30. The molecule has 1 aliphatic heterocycles. The van der Waals surface area contributed by atoms with Gasteiger partial charge >= 0.3 is 11.9 Å². The molecule has 0 N–H and O–H groups in total. The quantitative estimate of drug-likeness (QED) is 0.130. The molecule has 6 nitrogen and oxygen atoms in total. The summed E-state index contributed by atoms with van der Waals surface area (Å²) in [5, 5.41) is 9.57. The summed E-state index contributed by atoms with van der Waals surface area (Å²) in [5.41, 5.74) is -0.00777. The minimum Gasteiger partial charge on any atom is -0.425 e. The van der Waals surface area contributed by atoms with Gasteiger partial charge in [0.2, 0.25) is 0 Å². The molecule has 4 aliphatic carbocycles. The third kappa shape index (κ3) is 7.65. The van der Waals surface area contributed by atoms with E-state index >= 15 is 0 Å². The number of benzene rings is 1. The summed E-state index contributed by atoms with van der Waals surface area (Å²) < 4.78 is 12.6. The zero-order valence-electron chi connectivity index (χ0n) is 27.4. The number of nitriles is 1. The molecule has 1 heterocycles. The van der Waals surface area contributed by atoms with Crippen molar-refractivity contribution in [1.82, 2.24) is 0 Å². The molecule has 0 radical (unpaired) electrons. The lowest BCUT2D eigenvalue weighted by molar-refractivity contribution is -0.141. The second-order valence-corrected chi connectivity index (χ2v) is 17.2. The fraction of sp³-hybridized carbons (Fsp3) is 0.684. The van der Waals surface area contributed by atoms with Gasteiger partial charge in [-0.15, -0.1) is 0 Å². The van der Waals surface area contributed by atoms with Gasteiger partial charge in [-0.1, -0.05) is 63.1 Å². The van der Waals surface area contributed by atoms with Crippen LogP contribution in [-0.2, 0) is 9.59 Å². The molecule has 1 aromatic rings. The number of rotatable bonds is 6. The second-order valence-electron chi connectivity index (χ2n) is 14.9. The Labute approximate surface area is 283 Å². The number of hydrogen-bond donors (Lipinski definition) is 0. The van der Waals surface area contributed by atoms with E-state index in [2.05, 4.69) is 18.7 Å². The molecule has 0 unspecified atom stereocenters. The van der Waals surface area contributed by atoms with Crippen LogP contribution in [0.5, 0.6) is 11.5 Å². The van der Waals surface area contributed by atoms with Gasteiger partial charge in [-0.2, -0.15) is 0 Å². The number of carbonyl (C=O) groups is 2. The van der Waals surface area contributed by atoms with Crippen LogP contribution in [0.4, 0.5) is 0 Å². The molecule has 246 valence electrons. The van der Waals surface area contributed by atoms with Gasteiger partial charge in [-0.3, -0.25) is 9.59 Å². The number of ether oxygens (including phenoxy) is 2. The number of fused-ring (bicyclic) bond motifs is 1. The van der Waals surface area contributed by atoms with E-state index in [9.17, 15) is 14.9 Å². The van der Waals surface area contributed by atoms with Crippen molar-refractivity contribution in [3.05, 3.63) is 33.5 Å². The molecule has 8 heteroatoms. The topological polar surface area (TPSA) is 80.8 Å². The van der Waals surface area contributed by atoms with Crippen LogP contribution >= 0.6 is 23.5 Å². The Morgan fingerprint density at radius 3 is 1.35 bits per heavy atom. The van der Waals surface area contributed by atoms with E-state index < -0.39 is 0 Å². The Hall–Kier alpha value is -2.42. The van der Waals surface area contributed by atoms with Crippen molar-refractivity contribution in [3.63, 3.8) is 0 Å². The number of allylic oxidation sites excluding steroid dienone is 1. The van der Waals surface area contributed by atoms with E-state index in [0.29, 0.717) is 25.5 Å². The van der Waals surface area contributed by atoms with Crippen molar-refractivity contribution in [1.29, 1.82) is 5.26 Å². The van der Waals surface area contributed by atoms with Crippen LogP contribution in [0.25, 0.3) is 4.85 Å². The minimum atomic E-state index is -0.208. The maximum atomic E-state index is 13.4. The highest BCUT2D eigenvalue weighted by Crippen LogP contribution is 2.59. The first-order valence-electron chi connectivity index (χ1n) is 17.8. The third-order valence-corrected chi connectivity index (χ3v) is 14.5. The molecule has 4 fully saturated rings. The molecule has 4 saturated carbocycles. The first-order chi connectivity index (χ1) is 22.3. The lowest BCUT2D eigenvalue weighted by Gasteiger charge is -2.36. The fourth-order valence-electron chi connectivity index (χ4n) is 8.85. The molecular weight excluding hydrogens is 613 g/mol. The predicted molar refractivity (Wildman–Crippen MR) is 182 cm³/mol. The van der Waals surface area contributed by atoms with Crippen molar-refractivity contribution in [2.45, 2.75) is 126 Å². The second kappa shape index (κ2) is 15.2. The Kier molecular flexibility index (Phi) is 11.1. The lowest BCUT2D eigenvalue weighted by atomic mass is 9.69. The van der Waals surface area contributed by atoms with E-state index in [1.807, 2.05) is 6.07 Å². The Bertz CT molecular complexity index is 1290. The third-order valence-electron chi connectivity index (χ3n) is 11.9. The van der Waals surface area contributed by atoms with Gasteiger partial charge in [-0.25, -0.2) is 10.1 Å². The van der Waals surface area contributed by atoms with Crippen LogP contribution in [0, 0.1) is 65.2 Å². The number of esters is 2. The van der Waals surface area contributed by atoms with Crippen LogP contribution in [-0.4, -0.2) is 11.9 Å².